The highest BCUT2D eigenvalue weighted by Gasteiger charge is 2.22. The van der Waals surface area contributed by atoms with Crippen LogP contribution in [-0.4, -0.2) is 20.2 Å². The van der Waals surface area contributed by atoms with Crippen molar-refractivity contribution < 1.29 is 4.74 Å². The van der Waals surface area contributed by atoms with Crippen LogP contribution >= 0.6 is 0 Å². The summed E-state index contributed by atoms with van der Waals surface area (Å²) in [6.07, 6.45) is 8.15. The quantitative estimate of drug-likeness (QED) is 0.861. The van der Waals surface area contributed by atoms with E-state index >= 15 is 0 Å². The summed E-state index contributed by atoms with van der Waals surface area (Å²) in [5, 5.41) is 3.52. The van der Waals surface area contributed by atoms with Crippen LogP contribution in [0.2, 0.25) is 0 Å². The molecule has 0 radical (unpaired) electrons. The lowest BCUT2D eigenvalue weighted by molar-refractivity contribution is 0.276. The number of benzene rings is 1. The summed E-state index contributed by atoms with van der Waals surface area (Å²) in [6.45, 7) is 0. The summed E-state index contributed by atoms with van der Waals surface area (Å²) in [4.78, 5) is 0. The molecule has 0 amide bonds. The first-order chi connectivity index (χ1) is 8.83. The Kier molecular flexibility index (Phi) is 5.06. The molecule has 2 rings (SSSR count). The molecule has 1 fully saturated rings. The molecule has 0 aromatic heterocycles. The minimum absolute atomic E-state index is 0.624. The molecule has 1 aliphatic carbocycles. The van der Waals surface area contributed by atoms with Gasteiger partial charge in [0.2, 0.25) is 0 Å². The van der Waals surface area contributed by atoms with Crippen LogP contribution < -0.4 is 10.1 Å². The van der Waals surface area contributed by atoms with E-state index < -0.39 is 0 Å². The molecule has 18 heavy (non-hydrogen) atoms. The van der Waals surface area contributed by atoms with Crippen LogP contribution in [0.15, 0.2) is 24.3 Å². The summed E-state index contributed by atoms with van der Waals surface area (Å²) >= 11 is 0. The number of rotatable bonds is 5. The lowest BCUT2D eigenvalue weighted by atomic mass is 9.81. The number of hydrogen-bond acceptors (Lipinski definition) is 2. The SMILES string of the molecule is CNC(Cc1ccc(OC)cc1)C1CCCCC1. The Bertz CT molecular complexity index is 341. The lowest BCUT2D eigenvalue weighted by Gasteiger charge is -2.30. The minimum atomic E-state index is 0.624. The van der Waals surface area contributed by atoms with Gasteiger partial charge in [-0.1, -0.05) is 31.4 Å². The van der Waals surface area contributed by atoms with Crippen molar-refractivity contribution in [2.45, 2.75) is 44.6 Å². The van der Waals surface area contributed by atoms with E-state index in [1.165, 1.54) is 37.7 Å². The van der Waals surface area contributed by atoms with Crippen molar-refractivity contribution in [3.05, 3.63) is 29.8 Å². The van der Waals surface area contributed by atoms with Crippen molar-refractivity contribution in [1.82, 2.24) is 5.32 Å². The van der Waals surface area contributed by atoms with Crippen LogP contribution in [0.1, 0.15) is 37.7 Å². The van der Waals surface area contributed by atoms with E-state index in [1.54, 1.807) is 7.11 Å². The molecule has 0 spiro atoms. The molecule has 0 aliphatic heterocycles. The summed E-state index contributed by atoms with van der Waals surface area (Å²) in [7, 11) is 3.82. The molecule has 1 aromatic rings. The molecule has 2 nitrogen and oxygen atoms in total. The van der Waals surface area contributed by atoms with Crippen molar-refractivity contribution in [2.75, 3.05) is 14.2 Å². The minimum Gasteiger partial charge on any atom is -0.497 e. The summed E-state index contributed by atoms with van der Waals surface area (Å²) in [6, 6.07) is 9.11. The maximum absolute atomic E-state index is 5.20. The molecule has 1 saturated carbocycles. The van der Waals surface area contributed by atoms with Crippen LogP contribution in [0.4, 0.5) is 0 Å². The van der Waals surface area contributed by atoms with Gasteiger partial charge in [-0.2, -0.15) is 0 Å². The van der Waals surface area contributed by atoms with E-state index in [0.717, 1.165) is 18.1 Å². The van der Waals surface area contributed by atoms with Gasteiger partial charge in [0.1, 0.15) is 5.75 Å². The third-order valence-electron chi connectivity index (χ3n) is 4.20. The second kappa shape index (κ2) is 6.79. The van der Waals surface area contributed by atoms with E-state index in [2.05, 4.69) is 36.6 Å². The molecule has 2 heteroatoms. The normalized spacial score (nSPS) is 18.6. The molecular weight excluding hydrogens is 222 g/mol. The van der Waals surface area contributed by atoms with Crippen LogP contribution in [0, 0.1) is 5.92 Å². The predicted molar refractivity (Wildman–Crippen MR) is 76.1 cm³/mol. The van der Waals surface area contributed by atoms with Gasteiger partial charge in [0.25, 0.3) is 0 Å². The first kappa shape index (κ1) is 13.4. The fourth-order valence-corrected chi connectivity index (χ4v) is 3.06. The fraction of sp³-hybridized carbons (Fsp3) is 0.625. The highest BCUT2D eigenvalue weighted by Crippen LogP contribution is 2.28. The average Bonchev–Trinajstić information content (AvgIpc) is 2.46. The Morgan fingerprint density at radius 2 is 1.83 bits per heavy atom. The smallest absolute Gasteiger partial charge is 0.118 e. The lowest BCUT2D eigenvalue weighted by Crippen LogP contribution is -2.36. The van der Waals surface area contributed by atoms with Gasteiger partial charge in [0, 0.05) is 6.04 Å². The highest BCUT2D eigenvalue weighted by molar-refractivity contribution is 5.27. The van der Waals surface area contributed by atoms with Gasteiger partial charge in [-0.3, -0.25) is 0 Å². The largest absolute Gasteiger partial charge is 0.497 e. The molecule has 0 heterocycles. The standard InChI is InChI=1S/C16H25NO/c1-17-16(14-6-4-3-5-7-14)12-13-8-10-15(18-2)11-9-13/h8-11,14,16-17H,3-7,12H2,1-2H3. The Morgan fingerprint density at radius 1 is 1.17 bits per heavy atom. The third-order valence-corrected chi connectivity index (χ3v) is 4.20. The van der Waals surface area contributed by atoms with Crippen molar-refractivity contribution in [1.29, 1.82) is 0 Å². The second-order valence-electron chi connectivity index (χ2n) is 5.35. The van der Waals surface area contributed by atoms with Gasteiger partial charge in [-0.15, -0.1) is 0 Å². The summed E-state index contributed by atoms with van der Waals surface area (Å²) in [5.74, 6) is 1.79. The van der Waals surface area contributed by atoms with E-state index in [9.17, 15) is 0 Å². The number of methoxy groups -OCH3 is 1. The first-order valence-corrected chi connectivity index (χ1v) is 7.13. The molecule has 1 N–H and O–H groups in total. The zero-order chi connectivity index (χ0) is 12.8. The Morgan fingerprint density at radius 3 is 2.39 bits per heavy atom. The van der Waals surface area contributed by atoms with Crippen molar-refractivity contribution in [2.24, 2.45) is 5.92 Å². The van der Waals surface area contributed by atoms with Crippen molar-refractivity contribution in [3.63, 3.8) is 0 Å². The zero-order valence-electron chi connectivity index (χ0n) is 11.6. The molecule has 1 aromatic carbocycles. The van der Waals surface area contributed by atoms with Crippen LogP contribution in [0.3, 0.4) is 0 Å². The number of ether oxygens (including phenoxy) is 1. The number of hydrogen-bond donors (Lipinski definition) is 1. The van der Waals surface area contributed by atoms with Crippen LogP contribution in [0.5, 0.6) is 5.75 Å². The molecule has 1 aliphatic rings. The van der Waals surface area contributed by atoms with Gasteiger partial charge in [-0.25, -0.2) is 0 Å². The Labute approximate surface area is 111 Å². The van der Waals surface area contributed by atoms with Gasteiger partial charge >= 0.3 is 0 Å². The van der Waals surface area contributed by atoms with E-state index in [1.807, 2.05) is 0 Å². The highest BCUT2D eigenvalue weighted by atomic mass is 16.5. The topological polar surface area (TPSA) is 21.3 Å². The number of likely N-dealkylation sites (N-methyl/N-ethyl adjacent to an activating group) is 1. The second-order valence-corrected chi connectivity index (χ2v) is 5.35. The molecular formula is C16H25NO. The summed E-state index contributed by atoms with van der Waals surface area (Å²) in [5.41, 5.74) is 1.40. The predicted octanol–water partition coefficient (Wildman–Crippen LogP) is 3.41. The molecule has 100 valence electrons. The third kappa shape index (κ3) is 3.49. The van der Waals surface area contributed by atoms with Crippen LogP contribution in [0.25, 0.3) is 0 Å². The molecule has 1 atom stereocenters. The van der Waals surface area contributed by atoms with Crippen molar-refractivity contribution in [3.8, 4) is 5.75 Å². The monoisotopic (exact) mass is 247 g/mol. The van der Waals surface area contributed by atoms with E-state index in [0.29, 0.717) is 6.04 Å². The van der Waals surface area contributed by atoms with Gasteiger partial charge < -0.3 is 10.1 Å². The first-order valence-electron chi connectivity index (χ1n) is 7.13. The van der Waals surface area contributed by atoms with E-state index in [4.69, 9.17) is 4.74 Å². The molecule has 0 bridgehead atoms. The van der Waals surface area contributed by atoms with Gasteiger partial charge in [-0.05, 0) is 49.9 Å². The summed E-state index contributed by atoms with van der Waals surface area (Å²) < 4.78 is 5.20. The van der Waals surface area contributed by atoms with E-state index in [-0.39, 0.29) is 0 Å². The fourth-order valence-electron chi connectivity index (χ4n) is 3.06. The zero-order valence-corrected chi connectivity index (χ0v) is 11.6. The number of nitrogens with one attached hydrogen (secondary N) is 1. The Balaban J connectivity index is 1.95. The Hall–Kier alpha value is -1.02. The maximum atomic E-state index is 5.20. The van der Waals surface area contributed by atoms with Crippen molar-refractivity contribution >= 4 is 0 Å². The van der Waals surface area contributed by atoms with Crippen LogP contribution in [-0.2, 0) is 6.42 Å². The maximum Gasteiger partial charge on any atom is 0.118 e. The average molecular weight is 247 g/mol. The molecule has 0 saturated heterocycles. The molecule has 1 unspecified atom stereocenters. The van der Waals surface area contributed by atoms with Gasteiger partial charge in [0.15, 0.2) is 0 Å². The van der Waals surface area contributed by atoms with Gasteiger partial charge in [0.05, 0.1) is 7.11 Å².